The van der Waals surface area contributed by atoms with Crippen LogP contribution >= 0.6 is 7.92 Å². The average Bonchev–Trinajstić information content (AvgIpc) is 3.05. The number of aromatic nitrogens is 1. The summed E-state index contributed by atoms with van der Waals surface area (Å²) in [6.07, 6.45) is 1.91. The van der Waals surface area contributed by atoms with Crippen molar-refractivity contribution in [2.45, 2.75) is 27.7 Å². The Morgan fingerprint density at radius 1 is 0.478 bits per heavy atom. The molecule has 8 rings (SSSR count). The van der Waals surface area contributed by atoms with E-state index in [4.69, 9.17) is 9.72 Å². The zero-order chi connectivity index (χ0) is 31.4. The van der Waals surface area contributed by atoms with Crippen LogP contribution in [0.25, 0.3) is 44.3 Å². The molecule has 46 heavy (non-hydrogen) atoms. The van der Waals surface area contributed by atoms with Gasteiger partial charge in [-0.1, -0.05) is 113 Å². The number of pyridine rings is 1. The second kappa shape index (κ2) is 11.4. The van der Waals surface area contributed by atoms with Crippen LogP contribution in [0.2, 0.25) is 0 Å². The molecule has 0 saturated heterocycles. The minimum Gasteiger partial charge on any atom is -0.456 e. The molecule has 3 heteroatoms. The van der Waals surface area contributed by atoms with Gasteiger partial charge in [-0.2, -0.15) is 0 Å². The lowest BCUT2D eigenvalue weighted by atomic mass is 10.00. The van der Waals surface area contributed by atoms with Crippen molar-refractivity contribution in [1.82, 2.24) is 4.98 Å². The number of nitrogens with zero attached hydrogens (tertiary/aromatic N) is 1. The largest absolute Gasteiger partial charge is 0.456 e. The summed E-state index contributed by atoms with van der Waals surface area (Å²) in [5, 5.41) is 6.11. The molecule has 6 aromatic carbocycles. The Hall–Kier alpha value is -5.04. The summed E-state index contributed by atoms with van der Waals surface area (Å²) in [5.41, 5.74) is 12.0. The van der Waals surface area contributed by atoms with E-state index in [1.165, 1.54) is 71.2 Å². The number of rotatable bonds is 4. The summed E-state index contributed by atoms with van der Waals surface area (Å²) in [7, 11) is -0.889. The predicted octanol–water partition coefficient (Wildman–Crippen LogP) is 10.3. The lowest BCUT2D eigenvalue weighted by Crippen LogP contribution is -2.27. The van der Waals surface area contributed by atoms with Gasteiger partial charge in [-0.3, -0.25) is 4.98 Å². The van der Waals surface area contributed by atoms with Gasteiger partial charge in [-0.05, 0) is 105 Å². The van der Waals surface area contributed by atoms with Gasteiger partial charge in [0.2, 0.25) is 0 Å². The van der Waals surface area contributed by atoms with Crippen LogP contribution in [0.5, 0.6) is 11.5 Å². The van der Waals surface area contributed by atoms with Crippen molar-refractivity contribution in [3.8, 4) is 45.0 Å². The highest BCUT2D eigenvalue weighted by molar-refractivity contribution is 7.80. The first-order valence-corrected chi connectivity index (χ1v) is 17.1. The molecule has 1 aliphatic rings. The van der Waals surface area contributed by atoms with E-state index in [9.17, 15) is 0 Å². The van der Waals surface area contributed by atoms with Crippen LogP contribution in [-0.4, -0.2) is 4.98 Å². The minimum atomic E-state index is -0.889. The first-order valence-electron chi connectivity index (χ1n) is 15.8. The summed E-state index contributed by atoms with van der Waals surface area (Å²) >= 11 is 0. The van der Waals surface area contributed by atoms with Gasteiger partial charge in [0, 0.05) is 27.8 Å². The van der Waals surface area contributed by atoms with Crippen molar-refractivity contribution in [1.29, 1.82) is 0 Å². The molecule has 0 bridgehead atoms. The number of ether oxygens (including phenoxy) is 1. The Bertz CT molecular complexity index is 2160. The molecule has 0 unspecified atom stereocenters. The third-order valence-electron chi connectivity index (χ3n) is 8.78. The van der Waals surface area contributed by atoms with Crippen molar-refractivity contribution in [3.05, 3.63) is 156 Å². The third kappa shape index (κ3) is 5.19. The fraction of sp³-hybridized carbons (Fsp3) is 0.0930. The van der Waals surface area contributed by atoms with Gasteiger partial charge in [0.15, 0.2) is 0 Å². The first-order chi connectivity index (χ1) is 22.4. The van der Waals surface area contributed by atoms with Gasteiger partial charge < -0.3 is 4.74 Å². The van der Waals surface area contributed by atoms with E-state index in [2.05, 4.69) is 155 Å². The van der Waals surface area contributed by atoms with Gasteiger partial charge >= 0.3 is 0 Å². The van der Waals surface area contributed by atoms with Crippen LogP contribution in [0.4, 0.5) is 0 Å². The summed E-state index contributed by atoms with van der Waals surface area (Å²) in [5.74, 6) is 1.86. The first kappa shape index (κ1) is 28.4. The van der Waals surface area contributed by atoms with Crippen LogP contribution in [0.15, 0.2) is 134 Å². The van der Waals surface area contributed by atoms with Gasteiger partial charge in [-0.25, -0.2) is 0 Å². The molecular formula is C43H34NOP. The quantitative estimate of drug-likeness (QED) is 0.185. The molecule has 0 spiro atoms. The summed E-state index contributed by atoms with van der Waals surface area (Å²) in [4.78, 5) is 4.85. The van der Waals surface area contributed by atoms with E-state index in [0.29, 0.717) is 0 Å². The van der Waals surface area contributed by atoms with Crippen LogP contribution in [0.1, 0.15) is 22.3 Å². The maximum absolute atomic E-state index is 6.85. The maximum atomic E-state index is 6.85. The second-order valence-corrected chi connectivity index (χ2v) is 14.6. The second-order valence-electron chi connectivity index (χ2n) is 12.5. The Kier molecular flexibility index (Phi) is 7.04. The SMILES string of the molecule is Cc1cc(C)cc(-c2ccc3c(c2)Oc2cc(-c4cc(C)cc(C)c4)ccc2P3c2cccc(-c3nccc4ccccc34)c2)c1. The third-order valence-corrected chi connectivity index (χ3v) is 11.3. The molecular weight excluding hydrogens is 577 g/mol. The topological polar surface area (TPSA) is 22.1 Å². The molecule has 0 N–H and O–H groups in total. The van der Waals surface area contributed by atoms with Crippen molar-refractivity contribution < 1.29 is 4.74 Å². The summed E-state index contributed by atoms with van der Waals surface area (Å²) in [6, 6.07) is 46.6. The van der Waals surface area contributed by atoms with Crippen LogP contribution < -0.4 is 20.7 Å². The molecule has 0 radical (unpaired) electrons. The number of aryl methyl sites for hydroxylation is 4. The van der Waals surface area contributed by atoms with Gasteiger partial charge in [0.1, 0.15) is 11.5 Å². The fourth-order valence-corrected chi connectivity index (χ4v) is 9.30. The molecule has 1 aromatic heterocycles. The Balaban J connectivity index is 1.30. The van der Waals surface area contributed by atoms with Crippen molar-refractivity contribution >= 4 is 34.6 Å². The molecule has 2 nitrogen and oxygen atoms in total. The summed E-state index contributed by atoms with van der Waals surface area (Å²) in [6.45, 7) is 8.64. The van der Waals surface area contributed by atoms with Crippen molar-refractivity contribution in [2.24, 2.45) is 0 Å². The van der Waals surface area contributed by atoms with E-state index in [-0.39, 0.29) is 0 Å². The molecule has 0 amide bonds. The fourth-order valence-electron chi connectivity index (χ4n) is 6.87. The minimum absolute atomic E-state index is 0.889. The number of hydrogen-bond donors (Lipinski definition) is 0. The van der Waals surface area contributed by atoms with Gasteiger partial charge in [0.05, 0.1) is 5.69 Å². The predicted molar refractivity (Wildman–Crippen MR) is 196 cm³/mol. The van der Waals surface area contributed by atoms with E-state index in [1.807, 2.05) is 6.20 Å². The Morgan fingerprint density at radius 3 is 1.67 bits per heavy atom. The lowest BCUT2D eigenvalue weighted by Gasteiger charge is -2.30. The molecule has 7 aromatic rings. The standard InChI is InChI=1S/C43H34NOP/c1-27-18-28(2)21-35(20-27)32-12-14-41-39(25-32)45-40-26-33(36-22-29(3)19-30(4)23-36)13-15-42(40)46(41)37-10-7-9-34(24-37)43-38-11-6-5-8-31(38)16-17-44-43/h5-26H,1-4H3. The lowest BCUT2D eigenvalue weighted by molar-refractivity contribution is 0.489. The number of hydrogen-bond acceptors (Lipinski definition) is 2. The molecule has 222 valence electrons. The molecule has 2 heterocycles. The van der Waals surface area contributed by atoms with E-state index >= 15 is 0 Å². The monoisotopic (exact) mass is 611 g/mol. The Morgan fingerprint density at radius 2 is 1.07 bits per heavy atom. The zero-order valence-electron chi connectivity index (χ0n) is 26.5. The van der Waals surface area contributed by atoms with Gasteiger partial charge in [0.25, 0.3) is 0 Å². The summed E-state index contributed by atoms with van der Waals surface area (Å²) < 4.78 is 6.85. The molecule has 0 atom stereocenters. The van der Waals surface area contributed by atoms with Crippen LogP contribution in [0.3, 0.4) is 0 Å². The van der Waals surface area contributed by atoms with Crippen molar-refractivity contribution in [2.75, 3.05) is 0 Å². The highest BCUT2D eigenvalue weighted by atomic mass is 31.1. The number of benzene rings is 6. The zero-order valence-corrected chi connectivity index (χ0v) is 27.4. The van der Waals surface area contributed by atoms with E-state index in [1.54, 1.807) is 0 Å². The number of fused-ring (bicyclic) bond motifs is 3. The van der Waals surface area contributed by atoms with E-state index < -0.39 is 7.92 Å². The molecule has 0 saturated carbocycles. The maximum Gasteiger partial charge on any atom is 0.136 e. The highest BCUT2D eigenvalue weighted by Gasteiger charge is 2.30. The highest BCUT2D eigenvalue weighted by Crippen LogP contribution is 2.47. The van der Waals surface area contributed by atoms with E-state index in [0.717, 1.165) is 22.8 Å². The molecule has 1 aliphatic heterocycles. The van der Waals surface area contributed by atoms with Crippen LogP contribution in [0, 0.1) is 27.7 Å². The van der Waals surface area contributed by atoms with Gasteiger partial charge in [-0.15, -0.1) is 0 Å². The van der Waals surface area contributed by atoms with Crippen molar-refractivity contribution in [3.63, 3.8) is 0 Å². The molecule has 0 fully saturated rings. The normalized spacial score (nSPS) is 12.4. The smallest absolute Gasteiger partial charge is 0.136 e. The van der Waals surface area contributed by atoms with Crippen LogP contribution in [-0.2, 0) is 0 Å². The Labute approximate surface area is 272 Å². The average molecular weight is 612 g/mol. The molecule has 0 aliphatic carbocycles.